The largest absolute Gasteiger partial charge is 0.510 e. The van der Waals surface area contributed by atoms with E-state index >= 15 is 0 Å². The fourth-order valence-electron chi connectivity index (χ4n) is 2.20. The van der Waals surface area contributed by atoms with E-state index in [2.05, 4.69) is 21.8 Å². The van der Waals surface area contributed by atoms with E-state index in [1.807, 2.05) is 18.2 Å². The summed E-state index contributed by atoms with van der Waals surface area (Å²) in [6.07, 6.45) is -0.0387. The van der Waals surface area contributed by atoms with E-state index in [1.54, 1.807) is 0 Å². The zero-order chi connectivity index (χ0) is 13.7. The Hall–Kier alpha value is -1.59. The molecule has 0 saturated carbocycles. The molecule has 1 saturated heterocycles. The van der Waals surface area contributed by atoms with Crippen LogP contribution in [0.4, 0.5) is 4.79 Å². The fraction of sp³-hybridized carbons (Fsp3) is 0.500. The Morgan fingerprint density at radius 3 is 2.53 bits per heavy atom. The van der Waals surface area contributed by atoms with Crippen LogP contribution in [0, 0.1) is 0 Å². The van der Waals surface area contributed by atoms with Crippen LogP contribution in [0.5, 0.6) is 0 Å². The van der Waals surface area contributed by atoms with Gasteiger partial charge < -0.3 is 14.6 Å². The first kappa shape index (κ1) is 13.8. The molecular formula is C14H19NO4. The zero-order valence-corrected chi connectivity index (χ0v) is 11.0. The van der Waals surface area contributed by atoms with Crippen molar-refractivity contribution in [3.8, 4) is 0 Å². The Labute approximate surface area is 112 Å². The van der Waals surface area contributed by atoms with Gasteiger partial charge in [-0.25, -0.2) is 4.79 Å². The molecule has 104 valence electrons. The highest BCUT2D eigenvalue weighted by atomic mass is 16.8. The highest BCUT2D eigenvalue weighted by molar-refractivity contribution is 5.60. The molecule has 5 heteroatoms. The lowest BCUT2D eigenvalue weighted by atomic mass is 10.0. The molecule has 2 rings (SSSR count). The molecule has 0 amide bonds. The quantitative estimate of drug-likeness (QED) is 0.666. The number of benzene rings is 1. The summed E-state index contributed by atoms with van der Waals surface area (Å²) in [5, 5.41) is 10.1. The van der Waals surface area contributed by atoms with E-state index in [0.29, 0.717) is 25.9 Å². The molecule has 0 radical (unpaired) electrons. The van der Waals surface area contributed by atoms with Gasteiger partial charge in [0.15, 0.2) is 0 Å². The molecule has 5 nitrogen and oxygen atoms in total. The van der Waals surface area contributed by atoms with Crippen molar-refractivity contribution in [2.45, 2.75) is 25.2 Å². The van der Waals surface area contributed by atoms with Gasteiger partial charge in [0.25, 0.3) is 0 Å². The maximum Gasteiger partial charge on any atom is 0.510 e. The molecule has 19 heavy (non-hydrogen) atoms. The molecule has 1 aromatic carbocycles. The van der Waals surface area contributed by atoms with Crippen molar-refractivity contribution < 1.29 is 19.4 Å². The van der Waals surface area contributed by atoms with Gasteiger partial charge in [-0.2, -0.15) is 0 Å². The van der Waals surface area contributed by atoms with Crippen LogP contribution >= 0.6 is 0 Å². The summed E-state index contributed by atoms with van der Waals surface area (Å²) >= 11 is 0. The smallest absolute Gasteiger partial charge is 0.438 e. The third-order valence-corrected chi connectivity index (χ3v) is 3.33. The molecule has 1 aliphatic rings. The maximum absolute atomic E-state index is 11.0. The normalized spacial score (nSPS) is 18.8. The van der Waals surface area contributed by atoms with E-state index < -0.39 is 11.9 Å². The summed E-state index contributed by atoms with van der Waals surface area (Å²) in [6, 6.07) is 10.2. The summed E-state index contributed by atoms with van der Waals surface area (Å²) in [5.74, 6) is -1.39. The van der Waals surface area contributed by atoms with Gasteiger partial charge in [-0.3, -0.25) is 4.90 Å². The molecule has 1 aromatic rings. The van der Waals surface area contributed by atoms with Crippen molar-refractivity contribution in [2.75, 3.05) is 20.2 Å². The van der Waals surface area contributed by atoms with Crippen molar-refractivity contribution >= 4 is 6.16 Å². The van der Waals surface area contributed by atoms with Crippen LogP contribution in [0.25, 0.3) is 0 Å². The molecule has 0 bridgehead atoms. The highest BCUT2D eigenvalue weighted by Gasteiger charge is 2.36. The average molecular weight is 265 g/mol. The van der Waals surface area contributed by atoms with Gasteiger partial charge in [0.2, 0.25) is 5.79 Å². The van der Waals surface area contributed by atoms with Gasteiger partial charge in [-0.1, -0.05) is 30.3 Å². The molecule has 1 aliphatic heterocycles. The number of ether oxygens (including phenoxy) is 2. The Bertz CT molecular complexity index is 413. The van der Waals surface area contributed by atoms with Crippen LogP contribution in [-0.2, 0) is 16.0 Å². The minimum Gasteiger partial charge on any atom is -0.438 e. The Morgan fingerprint density at radius 1 is 1.32 bits per heavy atom. The van der Waals surface area contributed by atoms with E-state index in [0.717, 1.165) is 6.54 Å². The maximum atomic E-state index is 11.0. The topological polar surface area (TPSA) is 59.0 Å². The molecule has 0 unspecified atom stereocenters. The first-order valence-electron chi connectivity index (χ1n) is 6.37. The number of methoxy groups -OCH3 is 1. The summed E-state index contributed by atoms with van der Waals surface area (Å²) in [4.78, 5) is 13.3. The lowest BCUT2D eigenvalue weighted by molar-refractivity contribution is -0.200. The molecule has 0 atom stereocenters. The summed E-state index contributed by atoms with van der Waals surface area (Å²) in [6.45, 7) is 2.21. The number of piperidine rings is 1. The molecule has 0 spiro atoms. The van der Waals surface area contributed by atoms with Gasteiger partial charge in [-0.05, 0) is 5.56 Å². The van der Waals surface area contributed by atoms with Crippen molar-refractivity contribution in [3.63, 3.8) is 0 Å². The lowest BCUT2D eigenvalue weighted by Crippen LogP contribution is -2.46. The van der Waals surface area contributed by atoms with E-state index in [1.165, 1.54) is 12.7 Å². The van der Waals surface area contributed by atoms with Crippen LogP contribution in [0.15, 0.2) is 30.3 Å². The Kier molecular flexibility index (Phi) is 4.39. The SMILES string of the molecule is COC(=O)OC1(O)CCN(Cc2ccccc2)CC1. The van der Waals surface area contributed by atoms with E-state index in [9.17, 15) is 9.90 Å². The Morgan fingerprint density at radius 2 is 1.95 bits per heavy atom. The van der Waals surface area contributed by atoms with Crippen LogP contribution in [0.3, 0.4) is 0 Å². The number of aliphatic hydroxyl groups is 1. The van der Waals surface area contributed by atoms with Crippen molar-refractivity contribution in [2.24, 2.45) is 0 Å². The zero-order valence-electron chi connectivity index (χ0n) is 11.0. The number of likely N-dealkylation sites (tertiary alicyclic amines) is 1. The molecular weight excluding hydrogens is 246 g/mol. The van der Waals surface area contributed by atoms with Crippen LogP contribution in [-0.4, -0.2) is 42.1 Å². The first-order chi connectivity index (χ1) is 9.11. The number of carbonyl (C=O) groups is 1. The van der Waals surface area contributed by atoms with Gasteiger partial charge in [-0.15, -0.1) is 0 Å². The second-order valence-corrected chi connectivity index (χ2v) is 4.76. The Balaban J connectivity index is 1.83. The monoisotopic (exact) mass is 265 g/mol. The van der Waals surface area contributed by atoms with E-state index in [-0.39, 0.29) is 0 Å². The first-order valence-corrected chi connectivity index (χ1v) is 6.37. The average Bonchev–Trinajstić information content (AvgIpc) is 2.42. The standard InChI is InChI=1S/C14H19NO4/c1-18-13(16)19-14(17)7-9-15(10-8-14)11-12-5-3-2-4-6-12/h2-6,17H,7-11H2,1H3. The number of hydrogen-bond acceptors (Lipinski definition) is 5. The predicted molar refractivity (Wildman–Crippen MR) is 69.4 cm³/mol. The predicted octanol–water partition coefficient (Wildman–Crippen LogP) is 1.75. The van der Waals surface area contributed by atoms with Crippen LogP contribution in [0.2, 0.25) is 0 Å². The van der Waals surface area contributed by atoms with Gasteiger partial charge in [0.1, 0.15) is 0 Å². The third-order valence-electron chi connectivity index (χ3n) is 3.33. The molecule has 0 aliphatic carbocycles. The van der Waals surface area contributed by atoms with Crippen LogP contribution in [0.1, 0.15) is 18.4 Å². The summed E-state index contributed by atoms with van der Waals surface area (Å²) in [5.41, 5.74) is 1.24. The fourth-order valence-corrected chi connectivity index (χ4v) is 2.20. The lowest BCUT2D eigenvalue weighted by Gasteiger charge is -2.36. The molecule has 1 heterocycles. The second-order valence-electron chi connectivity index (χ2n) is 4.76. The van der Waals surface area contributed by atoms with Crippen molar-refractivity contribution in [1.29, 1.82) is 0 Å². The number of nitrogens with zero attached hydrogens (tertiary/aromatic N) is 1. The molecule has 1 N–H and O–H groups in total. The van der Waals surface area contributed by atoms with Crippen molar-refractivity contribution in [1.82, 2.24) is 4.90 Å². The van der Waals surface area contributed by atoms with Gasteiger partial charge >= 0.3 is 6.16 Å². The van der Waals surface area contributed by atoms with Gasteiger partial charge in [0, 0.05) is 32.5 Å². The number of carbonyl (C=O) groups excluding carboxylic acids is 1. The highest BCUT2D eigenvalue weighted by Crippen LogP contribution is 2.25. The summed E-state index contributed by atoms with van der Waals surface area (Å²) in [7, 11) is 1.23. The number of rotatable bonds is 3. The van der Waals surface area contributed by atoms with Gasteiger partial charge in [0.05, 0.1) is 7.11 Å². The van der Waals surface area contributed by atoms with Crippen LogP contribution < -0.4 is 0 Å². The van der Waals surface area contributed by atoms with E-state index in [4.69, 9.17) is 4.74 Å². The third kappa shape index (κ3) is 3.94. The minimum absolute atomic E-state index is 0.398. The molecule has 0 aromatic heterocycles. The molecule has 1 fully saturated rings. The number of hydrogen-bond donors (Lipinski definition) is 1. The minimum atomic E-state index is -1.39. The second kappa shape index (κ2) is 6.04. The summed E-state index contributed by atoms with van der Waals surface area (Å²) < 4.78 is 9.30. The van der Waals surface area contributed by atoms with Crippen molar-refractivity contribution in [3.05, 3.63) is 35.9 Å².